The molecule has 0 aliphatic rings. The Labute approximate surface area is 110 Å². The van der Waals surface area contributed by atoms with Crippen molar-refractivity contribution in [1.82, 2.24) is 4.90 Å². The Morgan fingerprint density at radius 1 is 1.41 bits per heavy atom. The summed E-state index contributed by atoms with van der Waals surface area (Å²) < 4.78 is 0. The fraction of sp³-hybridized carbons (Fsp3) is 0.714. The summed E-state index contributed by atoms with van der Waals surface area (Å²) >= 11 is 1.85. The highest BCUT2D eigenvalue weighted by Crippen LogP contribution is 2.32. The number of thiophene rings is 1. The molecule has 98 valence electrons. The van der Waals surface area contributed by atoms with Crippen molar-refractivity contribution in [3.63, 3.8) is 0 Å². The van der Waals surface area contributed by atoms with Gasteiger partial charge < -0.3 is 5.73 Å². The second-order valence-corrected chi connectivity index (χ2v) is 6.97. The molecule has 1 rings (SSSR count). The maximum Gasteiger partial charge on any atom is 0.0461 e. The molecule has 1 heterocycles. The number of nitrogens with two attached hydrogens (primary N) is 1. The molecule has 3 heteroatoms. The van der Waals surface area contributed by atoms with Gasteiger partial charge in [-0.15, -0.1) is 11.3 Å². The number of hydrogen-bond acceptors (Lipinski definition) is 3. The first-order chi connectivity index (χ1) is 7.87. The average molecular weight is 254 g/mol. The van der Waals surface area contributed by atoms with E-state index in [0.717, 1.165) is 13.1 Å². The molecule has 0 saturated carbocycles. The smallest absolute Gasteiger partial charge is 0.0461 e. The maximum absolute atomic E-state index is 5.83. The van der Waals surface area contributed by atoms with E-state index in [1.165, 1.54) is 4.88 Å². The van der Waals surface area contributed by atoms with Gasteiger partial charge in [0.25, 0.3) is 0 Å². The number of hydrogen-bond donors (Lipinski definition) is 1. The normalized spacial score (nSPS) is 14.6. The summed E-state index contributed by atoms with van der Waals surface area (Å²) in [5.41, 5.74) is 6.01. The summed E-state index contributed by atoms with van der Waals surface area (Å²) in [4.78, 5) is 3.90. The average Bonchev–Trinajstić information content (AvgIpc) is 2.69. The first kappa shape index (κ1) is 14.7. The Morgan fingerprint density at radius 3 is 2.47 bits per heavy atom. The van der Waals surface area contributed by atoms with E-state index in [1.54, 1.807) is 0 Å². The van der Waals surface area contributed by atoms with Crippen molar-refractivity contribution in [3.8, 4) is 0 Å². The van der Waals surface area contributed by atoms with Gasteiger partial charge >= 0.3 is 0 Å². The first-order valence-electron chi connectivity index (χ1n) is 6.31. The predicted molar refractivity (Wildman–Crippen MR) is 77.4 cm³/mol. The van der Waals surface area contributed by atoms with Gasteiger partial charge in [0.1, 0.15) is 0 Å². The van der Waals surface area contributed by atoms with Crippen molar-refractivity contribution in [3.05, 3.63) is 22.4 Å². The van der Waals surface area contributed by atoms with Gasteiger partial charge in [-0.25, -0.2) is 0 Å². The van der Waals surface area contributed by atoms with E-state index >= 15 is 0 Å². The van der Waals surface area contributed by atoms with Crippen LogP contribution in [0.3, 0.4) is 0 Å². The Bertz CT molecular complexity index is 317. The van der Waals surface area contributed by atoms with E-state index in [-0.39, 0.29) is 5.41 Å². The van der Waals surface area contributed by atoms with Crippen LogP contribution in [0.2, 0.25) is 0 Å². The zero-order valence-electron chi connectivity index (χ0n) is 11.7. The van der Waals surface area contributed by atoms with E-state index < -0.39 is 0 Å². The third-order valence-electron chi connectivity index (χ3n) is 3.17. The fourth-order valence-electron chi connectivity index (χ4n) is 2.35. The second-order valence-electron chi connectivity index (χ2n) is 5.99. The van der Waals surface area contributed by atoms with Crippen molar-refractivity contribution in [2.45, 2.75) is 33.7 Å². The molecule has 0 spiro atoms. The fourth-order valence-corrected chi connectivity index (χ4v) is 3.42. The van der Waals surface area contributed by atoms with Crippen LogP contribution in [0.15, 0.2) is 17.5 Å². The lowest BCUT2D eigenvalue weighted by Gasteiger charge is -2.36. The van der Waals surface area contributed by atoms with Crippen LogP contribution in [0.5, 0.6) is 0 Å². The van der Waals surface area contributed by atoms with Crippen molar-refractivity contribution in [2.24, 2.45) is 17.1 Å². The van der Waals surface area contributed by atoms with E-state index in [4.69, 9.17) is 5.73 Å². The summed E-state index contributed by atoms with van der Waals surface area (Å²) in [5, 5.41) is 2.16. The van der Waals surface area contributed by atoms with Gasteiger partial charge in [0, 0.05) is 17.5 Å². The van der Waals surface area contributed by atoms with Gasteiger partial charge in [0.15, 0.2) is 0 Å². The Balaban J connectivity index is 2.79. The lowest BCUT2D eigenvalue weighted by Crippen LogP contribution is -2.39. The van der Waals surface area contributed by atoms with Gasteiger partial charge in [-0.1, -0.05) is 33.8 Å². The molecule has 0 saturated heterocycles. The van der Waals surface area contributed by atoms with E-state index in [9.17, 15) is 0 Å². The monoisotopic (exact) mass is 254 g/mol. The molecule has 1 unspecified atom stereocenters. The van der Waals surface area contributed by atoms with Crippen LogP contribution in [0.25, 0.3) is 0 Å². The lowest BCUT2D eigenvalue weighted by atomic mass is 9.91. The Morgan fingerprint density at radius 2 is 2.06 bits per heavy atom. The van der Waals surface area contributed by atoms with Crippen molar-refractivity contribution < 1.29 is 0 Å². The standard InChI is InChI=1S/C14H26N2S/c1-11(2)13(12-7-6-8-17-12)16(5)10-14(3,4)9-15/h6-8,11,13H,9-10,15H2,1-5H3. The summed E-state index contributed by atoms with van der Waals surface area (Å²) in [6, 6.07) is 4.87. The Hall–Kier alpha value is -0.380. The van der Waals surface area contributed by atoms with E-state index in [2.05, 4.69) is 57.2 Å². The van der Waals surface area contributed by atoms with Crippen LogP contribution < -0.4 is 5.73 Å². The molecular weight excluding hydrogens is 228 g/mol. The van der Waals surface area contributed by atoms with Crippen LogP contribution >= 0.6 is 11.3 Å². The Kier molecular flexibility index (Phi) is 5.17. The van der Waals surface area contributed by atoms with Crippen LogP contribution in [-0.2, 0) is 0 Å². The third kappa shape index (κ3) is 4.09. The number of rotatable bonds is 6. The number of nitrogens with zero attached hydrogens (tertiary/aromatic N) is 1. The molecule has 0 bridgehead atoms. The summed E-state index contributed by atoms with van der Waals surface area (Å²) in [7, 11) is 2.21. The molecule has 2 nitrogen and oxygen atoms in total. The maximum atomic E-state index is 5.83. The zero-order chi connectivity index (χ0) is 13.1. The van der Waals surface area contributed by atoms with Gasteiger partial charge in [0.05, 0.1) is 0 Å². The quantitative estimate of drug-likeness (QED) is 0.843. The molecule has 17 heavy (non-hydrogen) atoms. The highest BCUT2D eigenvalue weighted by Gasteiger charge is 2.26. The molecule has 0 aliphatic carbocycles. The molecule has 2 N–H and O–H groups in total. The molecule has 0 amide bonds. The van der Waals surface area contributed by atoms with Crippen molar-refractivity contribution in [2.75, 3.05) is 20.1 Å². The van der Waals surface area contributed by atoms with Gasteiger partial charge in [0.2, 0.25) is 0 Å². The molecule has 0 aliphatic heterocycles. The molecule has 0 radical (unpaired) electrons. The summed E-state index contributed by atoms with van der Waals surface area (Å²) in [5.74, 6) is 0.618. The van der Waals surface area contributed by atoms with Gasteiger partial charge in [-0.05, 0) is 36.4 Å². The van der Waals surface area contributed by atoms with Crippen LogP contribution in [-0.4, -0.2) is 25.0 Å². The molecule has 1 atom stereocenters. The van der Waals surface area contributed by atoms with Crippen molar-refractivity contribution in [1.29, 1.82) is 0 Å². The predicted octanol–water partition coefficient (Wildman–Crippen LogP) is 3.36. The minimum atomic E-state index is 0.180. The van der Waals surface area contributed by atoms with Gasteiger partial charge in [-0.2, -0.15) is 0 Å². The van der Waals surface area contributed by atoms with Crippen LogP contribution in [0.1, 0.15) is 38.6 Å². The summed E-state index contributed by atoms with van der Waals surface area (Å²) in [6.45, 7) is 10.8. The SMILES string of the molecule is CC(C)C(c1cccs1)N(C)CC(C)(C)CN. The highest BCUT2D eigenvalue weighted by molar-refractivity contribution is 7.10. The molecule has 1 aromatic heterocycles. The zero-order valence-corrected chi connectivity index (χ0v) is 12.6. The molecule has 0 aromatic carbocycles. The third-order valence-corrected chi connectivity index (χ3v) is 4.11. The summed E-state index contributed by atoms with van der Waals surface area (Å²) in [6.07, 6.45) is 0. The van der Waals surface area contributed by atoms with E-state index in [1.807, 2.05) is 11.3 Å². The topological polar surface area (TPSA) is 29.3 Å². The van der Waals surface area contributed by atoms with E-state index in [0.29, 0.717) is 12.0 Å². The highest BCUT2D eigenvalue weighted by atomic mass is 32.1. The minimum Gasteiger partial charge on any atom is -0.330 e. The largest absolute Gasteiger partial charge is 0.330 e. The second kappa shape index (κ2) is 5.98. The first-order valence-corrected chi connectivity index (χ1v) is 7.19. The molecule has 0 fully saturated rings. The van der Waals surface area contributed by atoms with Crippen LogP contribution in [0.4, 0.5) is 0 Å². The van der Waals surface area contributed by atoms with Gasteiger partial charge in [-0.3, -0.25) is 4.90 Å². The molecule has 1 aromatic rings. The molecular formula is C14H26N2S. The lowest BCUT2D eigenvalue weighted by molar-refractivity contribution is 0.136. The minimum absolute atomic E-state index is 0.180. The van der Waals surface area contributed by atoms with Crippen LogP contribution in [0, 0.1) is 11.3 Å². The van der Waals surface area contributed by atoms with Crippen molar-refractivity contribution >= 4 is 11.3 Å².